The molecule has 1 amide bonds. The van der Waals surface area contributed by atoms with Gasteiger partial charge in [-0.15, -0.1) is 0 Å². The molecule has 162 valence electrons. The number of amides is 1. The number of halogens is 4. The van der Waals surface area contributed by atoms with Gasteiger partial charge in [-0.05, 0) is 44.0 Å². The zero-order valence-electron chi connectivity index (χ0n) is 15.8. The van der Waals surface area contributed by atoms with E-state index in [1.54, 1.807) is 6.92 Å². The van der Waals surface area contributed by atoms with Crippen LogP contribution in [0, 0.1) is 23.3 Å². The van der Waals surface area contributed by atoms with E-state index in [2.05, 4.69) is 5.32 Å². The number of hydrogen-bond donors (Lipinski definition) is 1. The van der Waals surface area contributed by atoms with Crippen molar-refractivity contribution in [3.63, 3.8) is 0 Å². The Morgan fingerprint density at radius 3 is 2.37 bits per heavy atom. The van der Waals surface area contributed by atoms with E-state index in [0.29, 0.717) is 25.9 Å². The molecule has 3 rings (SSSR count). The molecule has 1 aliphatic heterocycles. The van der Waals surface area contributed by atoms with E-state index >= 15 is 0 Å². The number of nitrogens with one attached hydrogen (secondary N) is 1. The van der Waals surface area contributed by atoms with Crippen molar-refractivity contribution in [2.75, 3.05) is 25.0 Å². The highest BCUT2D eigenvalue weighted by atomic mass is 32.2. The minimum absolute atomic E-state index is 0.0625. The summed E-state index contributed by atoms with van der Waals surface area (Å²) in [5, 5.41) is 2.17. The molecule has 0 saturated carbocycles. The van der Waals surface area contributed by atoms with E-state index in [1.807, 2.05) is 0 Å². The summed E-state index contributed by atoms with van der Waals surface area (Å²) < 4.78 is 86.3. The monoisotopic (exact) mass is 446 g/mol. The quantitative estimate of drug-likeness (QED) is 0.417. The van der Waals surface area contributed by atoms with Crippen LogP contribution in [0.1, 0.15) is 30.1 Å². The standard InChI is InChI=1S/C19H18F4N2O4S/c1-2-29-14-6-5-11(9-15(14)30(27,28)25-7-3-4-8-25)24-19(26)12-10-13(20)17(22)18(23)16(12)21/h5-6,9-10H,2-4,7-8H2,1H3,(H,24,26). The van der Waals surface area contributed by atoms with E-state index in [-0.39, 0.29) is 29.0 Å². The Hall–Kier alpha value is -2.66. The molecule has 0 unspecified atom stereocenters. The van der Waals surface area contributed by atoms with Crippen molar-refractivity contribution in [1.82, 2.24) is 4.31 Å². The van der Waals surface area contributed by atoms with Gasteiger partial charge in [0.05, 0.1) is 12.2 Å². The number of benzene rings is 2. The molecule has 0 aliphatic carbocycles. The van der Waals surface area contributed by atoms with Gasteiger partial charge in [-0.1, -0.05) is 0 Å². The predicted octanol–water partition coefficient (Wildman–Crippen LogP) is 3.68. The van der Waals surface area contributed by atoms with Crippen LogP contribution >= 0.6 is 0 Å². The summed E-state index contributed by atoms with van der Waals surface area (Å²) >= 11 is 0. The molecule has 0 atom stereocenters. The second kappa shape index (κ2) is 8.60. The molecule has 6 nitrogen and oxygen atoms in total. The summed E-state index contributed by atoms with van der Waals surface area (Å²) in [6.45, 7) is 2.53. The predicted molar refractivity (Wildman–Crippen MR) is 99.8 cm³/mol. The van der Waals surface area contributed by atoms with Gasteiger partial charge < -0.3 is 10.1 Å². The first-order valence-corrected chi connectivity index (χ1v) is 10.5. The van der Waals surface area contributed by atoms with Crippen molar-refractivity contribution in [3.05, 3.63) is 53.1 Å². The Bertz CT molecular complexity index is 1090. The molecule has 1 fully saturated rings. The largest absolute Gasteiger partial charge is 0.492 e. The smallest absolute Gasteiger partial charge is 0.258 e. The number of hydrogen-bond acceptors (Lipinski definition) is 4. The third-order valence-corrected chi connectivity index (χ3v) is 6.45. The molecule has 2 aromatic carbocycles. The van der Waals surface area contributed by atoms with E-state index in [4.69, 9.17) is 4.74 Å². The molecule has 0 radical (unpaired) electrons. The molecule has 30 heavy (non-hydrogen) atoms. The third-order valence-electron chi connectivity index (χ3n) is 4.53. The number of carbonyl (C=O) groups is 1. The zero-order chi connectivity index (χ0) is 22.1. The summed E-state index contributed by atoms with van der Waals surface area (Å²) in [4.78, 5) is 12.1. The molecule has 1 N–H and O–H groups in total. The van der Waals surface area contributed by atoms with E-state index in [0.717, 1.165) is 6.07 Å². The minimum atomic E-state index is -3.93. The summed E-state index contributed by atoms with van der Waals surface area (Å²) in [6, 6.07) is 3.94. The summed E-state index contributed by atoms with van der Waals surface area (Å²) in [5.74, 6) is -8.97. The normalized spacial score (nSPS) is 14.7. The summed E-state index contributed by atoms with van der Waals surface area (Å²) in [6.07, 6.45) is 1.42. The van der Waals surface area contributed by atoms with Crippen LogP contribution in [0.4, 0.5) is 23.2 Å². The first-order chi connectivity index (χ1) is 14.2. The van der Waals surface area contributed by atoms with Crippen LogP contribution in [0.2, 0.25) is 0 Å². The Kier molecular flexibility index (Phi) is 6.32. The van der Waals surface area contributed by atoms with Crippen molar-refractivity contribution in [3.8, 4) is 5.75 Å². The van der Waals surface area contributed by atoms with Gasteiger partial charge in [0.25, 0.3) is 5.91 Å². The molecule has 11 heteroatoms. The van der Waals surface area contributed by atoms with Crippen LogP contribution in [0.25, 0.3) is 0 Å². The van der Waals surface area contributed by atoms with Crippen LogP contribution in [0.3, 0.4) is 0 Å². The lowest BCUT2D eigenvalue weighted by atomic mass is 10.1. The summed E-state index contributed by atoms with van der Waals surface area (Å²) in [7, 11) is -3.93. The average molecular weight is 446 g/mol. The first-order valence-electron chi connectivity index (χ1n) is 9.08. The van der Waals surface area contributed by atoms with Gasteiger partial charge >= 0.3 is 0 Å². The van der Waals surface area contributed by atoms with Gasteiger partial charge in [-0.25, -0.2) is 26.0 Å². The number of rotatable bonds is 6. The second-order valence-corrected chi connectivity index (χ2v) is 8.41. The molecule has 2 aromatic rings. The number of anilines is 1. The van der Waals surface area contributed by atoms with Crippen molar-refractivity contribution < 1.29 is 35.5 Å². The maximum atomic E-state index is 13.9. The molecule has 1 aliphatic rings. The first kappa shape index (κ1) is 22.0. The zero-order valence-corrected chi connectivity index (χ0v) is 16.7. The van der Waals surface area contributed by atoms with Gasteiger partial charge in [0.1, 0.15) is 10.6 Å². The fourth-order valence-electron chi connectivity index (χ4n) is 3.07. The topological polar surface area (TPSA) is 75.7 Å². The molecular weight excluding hydrogens is 428 g/mol. The molecule has 0 aromatic heterocycles. The molecular formula is C19H18F4N2O4S. The van der Waals surface area contributed by atoms with Gasteiger partial charge in [0, 0.05) is 18.8 Å². The Morgan fingerprint density at radius 2 is 1.73 bits per heavy atom. The summed E-state index contributed by atoms with van der Waals surface area (Å²) in [5.41, 5.74) is -1.14. The van der Waals surface area contributed by atoms with Crippen molar-refractivity contribution in [2.24, 2.45) is 0 Å². The second-order valence-electron chi connectivity index (χ2n) is 6.51. The van der Waals surface area contributed by atoms with Crippen molar-refractivity contribution >= 4 is 21.6 Å². The number of nitrogens with zero attached hydrogens (tertiary/aromatic N) is 1. The lowest BCUT2D eigenvalue weighted by molar-refractivity contribution is 0.102. The fourth-order valence-corrected chi connectivity index (χ4v) is 4.74. The maximum absolute atomic E-state index is 13.9. The highest BCUT2D eigenvalue weighted by molar-refractivity contribution is 7.89. The van der Waals surface area contributed by atoms with Gasteiger partial charge in [-0.3, -0.25) is 4.79 Å². The Labute approximate surface area is 170 Å². The maximum Gasteiger partial charge on any atom is 0.258 e. The fraction of sp³-hybridized carbons (Fsp3) is 0.316. The Morgan fingerprint density at radius 1 is 1.07 bits per heavy atom. The van der Waals surface area contributed by atoms with Gasteiger partial charge in [0.2, 0.25) is 10.0 Å². The van der Waals surface area contributed by atoms with Crippen molar-refractivity contribution in [2.45, 2.75) is 24.7 Å². The number of carbonyl (C=O) groups excluding carboxylic acids is 1. The van der Waals surface area contributed by atoms with Crippen LogP contribution in [-0.4, -0.2) is 38.3 Å². The molecule has 0 spiro atoms. The van der Waals surface area contributed by atoms with E-state index in [1.165, 1.54) is 16.4 Å². The van der Waals surface area contributed by atoms with E-state index < -0.39 is 44.8 Å². The lowest BCUT2D eigenvalue weighted by Gasteiger charge is -2.19. The minimum Gasteiger partial charge on any atom is -0.492 e. The number of ether oxygens (including phenoxy) is 1. The lowest BCUT2D eigenvalue weighted by Crippen LogP contribution is -2.28. The van der Waals surface area contributed by atoms with Crippen LogP contribution in [0.5, 0.6) is 5.75 Å². The number of sulfonamides is 1. The Balaban J connectivity index is 1.97. The highest BCUT2D eigenvalue weighted by Crippen LogP contribution is 2.32. The third kappa shape index (κ3) is 4.12. The highest BCUT2D eigenvalue weighted by Gasteiger charge is 2.31. The molecule has 1 heterocycles. The van der Waals surface area contributed by atoms with Gasteiger partial charge in [-0.2, -0.15) is 4.31 Å². The molecule has 0 bridgehead atoms. The molecule has 1 saturated heterocycles. The van der Waals surface area contributed by atoms with Crippen molar-refractivity contribution in [1.29, 1.82) is 0 Å². The van der Waals surface area contributed by atoms with Crippen LogP contribution in [-0.2, 0) is 10.0 Å². The van der Waals surface area contributed by atoms with Crippen LogP contribution in [0.15, 0.2) is 29.2 Å². The van der Waals surface area contributed by atoms with E-state index in [9.17, 15) is 30.8 Å². The van der Waals surface area contributed by atoms with Gasteiger partial charge in [0.15, 0.2) is 23.3 Å². The SMILES string of the molecule is CCOc1ccc(NC(=O)c2cc(F)c(F)c(F)c2F)cc1S(=O)(=O)N1CCCC1. The average Bonchev–Trinajstić information content (AvgIpc) is 3.26. The van der Waals surface area contributed by atoms with Crippen LogP contribution < -0.4 is 10.1 Å².